The molecule has 1 aromatic carbocycles. The Kier molecular flexibility index (Phi) is 3.85. The van der Waals surface area contributed by atoms with Crippen molar-refractivity contribution in [1.82, 2.24) is 24.7 Å². The predicted molar refractivity (Wildman–Crippen MR) is 101 cm³/mol. The van der Waals surface area contributed by atoms with Crippen LogP contribution in [0.5, 0.6) is 0 Å². The molecular weight excluding hydrogens is 324 g/mol. The van der Waals surface area contributed by atoms with Gasteiger partial charge in [-0.1, -0.05) is 24.3 Å². The number of hydrogen-bond donors (Lipinski definition) is 0. The van der Waals surface area contributed by atoms with E-state index in [9.17, 15) is 0 Å². The summed E-state index contributed by atoms with van der Waals surface area (Å²) in [6.07, 6.45) is 2.43. The second kappa shape index (κ2) is 6.36. The van der Waals surface area contributed by atoms with Crippen molar-refractivity contribution in [2.24, 2.45) is 0 Å². The maximum Gasteiger partial charge on any atom is 0.178 e. The van der Waals surface area contributed by atoms with Crippen LogP contribution >= 0.6 is 0 Å². The second-order valence-electron chi connectivity index (χ2n) is 7.48. The summed E-state index contributed by atoms with van der Waals surface area (Å²) in [4.78, 5) is 4.91. The summed E-state index contributed by atoms with van der Waals surface area (Å²) < 4.78 is 1.95. The minimum Gasteiger partial charge on any atom is -0.353 e. The molecule has 1 aliphatic heterocycles. The quantitative estimate of drug-likeness (QED) is 0.725. The molecule has 1 saturated heterocycles. The Bertz CT molecular complexity index is 921. The van der Waals surface area contributed by atoms with Gasteiger partial charge < -0.3 is 4.90 Å². The third kappa shape index (κ3) is 2.94. The van der Waals surface area contributed by atoms with E-state index in [1.54, 1.807) is 0 Å². The average Bonchev–Trinajstić information content (AvgIpc) is 3.43. The molecule has 5 rings (SSSR count). The zero-order valence-electron chi connectivity index (χ0n) is 15.2. The van der Waals surface area contributed by atoms with Crippen molar-refractivity contribution in [3.05, 3.63) is 53.3 Å². The van der Waals surface area contributed by atoms with Gasteiger partial charge in [0.15, 0.2) is 11.5 Å². The van der Waals surface area contributed by atoms with Crippen LogP contribution < -0.4 is 4.90 Å². The molecule has 0 spiro atoms. The lowest BCUT2D eigenvalue weighted by molar-refractivity contribution is 0.248. The van der Waals surface area contributed by atoms with Crippen LogP contribution in [-0.4, -0.2) is 50.9 Å². The summed E-state index contributed by atoms with van der Waals surface area (Å²) in [6, 6.07) is 12.8. The molecule has 3 heterocycles. The van der Waals surface area contributed by atoms with E-state index in [-0.39, 0.29) is 0 Å². The summed E-state index contributed by atoms with van der Waals surface area (Å²) in [5.41, 5.74) is 3.66. The molecule has 134 valence electrons. The van der Waals surface area contributed by atoms with Crippen LogP contribution in [0.15, 0.2) is 36.4 Å². The number of benzene rings is 1. The Morgan fingerprint density at radius 3 is 2.54 bits per heavy atom. The van der Waals surface area contributed by atoms with Crippen molar-refractivity contribution in [2.45, 2.75) is 32.2 Å². The van der Waals surface area contributed by atoms with Crippen molar-refractivity contribution in [3.63, 3.8) is 0 Å². The zero-order valence-corrected chi connectivity index (χ0v) is 15.2. The van der Waals surface area contributed by atoms with E-state index in [0.717, 1.165) is 50.0 Å². The molecule has 6 heteroatoms. The summed E-state index contributed by atoms with van der Waals surface area (Å²) in [7, 11) is 0. The molecule has 0 atom stereocenters. The third-order valence-corrected chi connectivity index (χ3v) is 5.57. The lowest BCUT2D eigenvalue weighted by atomic mass is 10.1. The van der Waals surface area contributed by atoms with Gasteiger partial charge in [0.05, 0.1) is 0 Å². The number of rotatable bonds is 4. The highest BCUT2D eigenvalue weighted by atomic mass is 15.4. The van der Waals surface area contributed by atoms with Crippen LogP contribution in [0.2, 0.25) is 0 Å². The Hall–Kier alpha value is -2.47. The highest BCUT2D eigenvalue weighted by molar-refractivity contribution is 5.46. The Morgan fingerprint density at radius 1 is 0.962 bits per heavy atom. The van der Waals surface area contributed by atoms with Crippen molar-refractivity contribution < 1.29 is 0 Å². The summed E-state index contributed by atoms with van der Waals surface area (Å²) in [5, 5.41) is 13.4. The lowest BCUT2D eigenvalue weighted by Gasteiger charge is -2.35. The van der Waals surface area contributed by atoms with Gasteiger partial charge in [-0.3, -0.25) is 4.90 Å². The van der Waals surface area contributed by atoms with Crippen LogP contribution in [-0.2, 0) is 6.54 Å². The molecule has 1 saturated carbocycles. The Morgan fingerprint density at radius 2 is 1.77 bits per heavy atom. The maximum atomic E-state index is 4.84. The number of aryl methyl sites for hydroxylation is 1. The van der Waals surface area contributed by atoms with Gasteiger partial charge in [0.2, 0.25) is 0 Å². The first-order chi connectivity index (χ1) is 12.8. The molecule has 2 fully saturated rings. The molecule has 26 heavy (non-hydrogen) atoms. The molecule has 2 aliphatic rings. The Labute approximate surface area is 153 Å². The van der Waals surface area contributed by atoms with Crippen LogP contribution in [0.1, 0.15) is 35.7 Å². The molecule has 0 unspecified atom stereocenters. The lowest BCUT2D eigenvalue weighted by Crippen LogP contribution is -2.46. The van der Waals surface area contributed by atoms with Gasteiger partial charge in [0.1, 0.15) is 5.82 Å². The molecule has 6 nitrogen and oxygen atoms in total. The molecular formula is C20H24N6. The number of nitrogens with zero attached hydrogens (tertiary/aromatic N) is 6. The van der Waals surface area contributed by atoms with E-state index >= 15 is 0 Å². The van der Waals surface area contributed by atoms with E-state index in [1.165, 1.54) is 24.0 Å². The zero-order chi connectivity index (χ0) is 17.5. The van der Waals surface area contributed by atoms with Gasteiger partial charge in [-0.15, -0.1) is 15.3 Å². The maximum absolute atomic E-state index is 4.84. The second-order valence-corrected chi connectivity index (χ2v) is 7.48. The van der Waals surface area contributed by atoms with Crippen LogP contribution in [0.25, 0.3) is 5.65 Å². The molecule has 0 N–H and O–H groups in total. The highest BCUT2D eigenvalue weighted by Crippen LogP contribution is 2.38. The van der Waals surface area contributed by atoms with Gasteiger partial charge in [-0.25, -0.2) is 0 Å². The SMILES string of the molecule is Cc1ccccc1CN1CCN(c2ccc3nnc(C4CC4)n3n2)CC1. The van der Waals surface area contributed by atoms with Gasteiger partial charge >= 0.3 is 0 Å². The fraction of sp³-hybridized carbons (Fsp3) is 0.450. The highest BCUT2D eigenvalue weighted by Gasteiger charge is 2.29. The van der Waals surface area contributed by atoms with Gasteiger partial charge in [0, 0.05) is 38.6 Å². The number of fused-ring (bicyclic) bond motifs is 1. The van der Waals surface area contributed by atoms with E-state index < -0.39 is 0 Å². The Balaban J connectivity index is 1.28. The summed E-state index contributed by atoms with van der Waals surface area (Å²) in [6.45, 7) is 7.36. The largest absolute Gasteiger partial charge is 0.353 e. The topological polar surface area (TPSA) is 49.6 Å². The van der Waals surface area contributed by atoms with E-state index in [0.29, 0.717) is 5.92 Å². The monoisotopic (exact) mass is 348 g/mol. The molecule has 0 bridgehead atoms. The van der Waals surface area contributed by atoms with Gasteiger partial charge in [0.25, 0.3) is 0 Å². The molecule has 3 aromatic rings. The summed E-state index contributed by atoms with van der Waals surface area (Å²) >= 11 is 0. The molecule has 0 amide bonds. The van der Waals surface area contributed by atoms with Crippen LogP contribution in [0.4, 0.5) is 5.82 Å². The fourth-order valence-corrected chi connectivity index (χ4v) is 3.72. The van der Waals surface area contributed by atoms with Gasteiger partial charge in [-0.05, 0) is 43.0 Å². The first kappa shape index (κ1) is 15.8. The van der Waals surface area contributed by atoms with Crippen LogP contribution in [0, 0.1) is 6.92 Å². The number of anilines is 1. The minimum atomic E-state index is 0.554. The fourth-order valence-electron chi connectivity index (χ4n) is 3.72. The van der Waals surface area contributed by atoms with Crippen molar-refractivity contribution in [3.8, 4) is 0 Å². The summed E-state index contributed by atoms with van der Waals surface area (Å²) in [5.74, 6) is 2.62. The number of aromatic nitrogens is 4. The molecule has 0 radical (unpaired) electrons. The van der Waals surface area contributed by atoms with E-state index in [1.807, 2.05) is 10.6 Å². The number of piperazine rings is 1. The number of hydrogen-bond acceptors (Lipinski definition) is 5. The first-order valence-corrected chi connectivity index (χ1v) is 9.52. The van der Waals surface area contributed by atoms with Crippen LogP contribution in [0.3, 0.4) is 0 Å². The van der Waals surface area contributed by atoms with E-state index in [2.05, 4.69) is 57.3 Å². The normalized spacial score (nSPS) is 18.6. The van der Waals surface area contributed by atoms with E-state index in [4.69, 9.17) is 5.10 Å². The molecule has 1 aliphatic carbocycles. The molecule has 2 aromatic heterocycles. The van der Waals surface area contributed by atoms with Crippen molar-refractivity contribution >= 4 is 11.5 Å². The average molecular weight is 348 g/mol. The van der Waals surface area contributed by atoms with Gasteiger partial charge in [-0.2, -0.15) is 4.52 Å². The van der Waals surface area contributed by atoms with Crippen molar-refractivity contribution in [1.29, 1.82) is 0 Å². The smallest absolute Gasteiger partial charge is 0.178 e. The first-order valence-electron chi connectivity index (χ1n) is 9.52. The standard InChI is InChI=1S/C20H24N6/c1-15-4-2-3-5-17(15)14-24-10-12-25(13-11-24)19-9-8-18-21-22-20(16-6-7-16)26(18)23-19/h2-5,8-9,16H,6-7,10-14H2,1H3. The van der Waals surface area contributed by atoms with Crippen molar-refractivity contribution in [2.75, 3.05) is 31.1 Å². The minimum absolute atomic E-state index is 0.554. The predicted octanol–water partition coefficient (Wildman–Crippen LogP) is 2.63. The third-order valence-electron chi connectivity index (χ3n) is 5.57.